The largest absolute Gasteiger partial charge is 0.461 e. The van der Waals surface area contributed by atoms with E-state index < -0.39 is 0 Å². The summed E-state index contributed by atoms with van der Waals surface area (Å²) in [5, 5.41) is 3.22. The van der Waals surface area contributed by atoms with Gasteiger partial charge in [0.1, 0.15) is 0 Å². The van der Waals surface area contributed by atoms with E-state index in [1.807, 2.05) is 13.8 Å². The molecule has 0 radical (unpaired) electrons. The first-order valence-corrected chi connectivity index (χ1v) is 6.55. The first-order chi connectivity index (χ1) is 8.63. The average molecular weight is 251 g/mol. The van der Waals surface area contributed by atoms with Gasteiger partial charge in [-0.2, -0.15) is 15.0 Å². The van der Waals surface area contributed by atoms with Crippen LogP contribution in [-0.4, -0.2) is 27.6 Å². The SMILES string of the molecule is CC(C)Oc1nc(N)nc(NCC2CCCC2)n1. The molecule has 2 rings (SSSR count). The van der Waals surface area contributed by atoms with Crippen molar-refractivity contribution in [1.82, 2.24) is 15.0 Å². The van der Waals surface area contributed by atoms with Crippen LogP contribution in [0.2, 0.25) is 0 Å². The Morgan fingerprint density at radius 1 is 1.28 bits per heavy atom. The summed E-state index contributed by atoms with van der Waals surface area (Å²) in [5.74, 6) is 1.41. The zero-order valence-corrected chi connectivity index (χ0v) is 11.0. The summed E-state index contributed by atoms with van der Waals surface area (Å²) in [6, 6.07) is 0.284. The van der Waals surface area contributed by atoms with Crippen LogP contribution in [0, 0.1) is 5.92 Å². The lowest BCUT2D eigenvalue weighted by Crippen LogP contribution is -2.16. The van der Waals surface area contributed by atoms with Gasteiger partial charge < -0.3 is 15.8 Å². The molecule has 0 spiro atoms. The molecular weight excluding hydrogens is 230 g/mol. The van der Waals surface area contributed by atoms with Gasteiger partial charge in [-0.05, 0) is 32.6 Å². The summed E-state index contributed by atoms with van der Waals surface area (Å²) < 4.78 is 5.43. The number of nitrogens with two attached hydrogens (primary N) is 1. The molecule has 1 heterocycles. The highest BCUT2D eigenvalue weighted by atomic mass is 16.5. The Kier molecular flexibility index (Phi) is 4.17. The predicted molar refractivity (Wildman–Crippen MR) is 70.5 cm³/mol. The van der Waals surface area contributed by atoms with Gasteiger partial charge in [0.2, 0.25) is 11.9 Å². The number of aromatic nitrogens is 3. The Labute approximate surface area is 107 Å². The lowest BCUT2D eigenvalue weighted by atomic mass is 10.1. The fraction of sp³-hybridized carbons (Fsp3) is 0.750. The van der Waals surface area contributed by atoms with E-state index in [0.29, 0.717) is 5.95 Å². The third-order valence-electron chi connectivity index (χ3n) is 3.00. The molecule has 3 N–H and O–H groups in total. The molecule has 0 saturated heterocycles. The summed E-state index contributed by atoms with van der Waals surface area (Å²) in [4.78, 5) is 12.2. The normalized spacial score (nSPS) is 16.2. The van der Waals surface area contributed by atoms with Crippen LogP contribution < -0.4 is 15.8 Å². The van der Waals surface area contributed by atoms with Crippen LogP contribution in [0.1, 0.15) is 39.5 Å². The van der Waals surface area contributed by atoms with Crippen LogP contribution in [-0.2, 0) is 0 Å². The molecule has 6 heteroatoms. The van der Waals surface area contributed by atoms with Crippen LogP contribution in [0.4, 0.5) is 11.9 Å². The molecule has 0 atom stereocenters. The number of nitrogens with one attached hydrogen (secondary N) is 1. The second-order valence-corrected chi connectivity index (χ2v) is 5.00. The minimum Gasteiger partial charge on any atom is -0.461 e. The summed E-state index contributed by atoms with van der Waals surface area (Å²) >= 11 is 0. The first kappa shape index (κ1) is 12.9. The number of nitrogens with zero attached hydrogens (tertiary/aromatic N) is 3. The zero-order chi connectivity index (χ0) is 13.0. The molecule has 0 aliphatic heterocycles. The molecule has 1 fully saturated rings. The fourth-order valence-corrected chi connectivity index (χ4v) is 2.16. The Morgan fingerprint density at radius 2 is 2.00 bits per heavy atom. The van der Waals surface area contributed by atoms with Crippen molar-refractivity contribution in [1.29, 1.82) is 0 Å². The smallest absolute Gasteiger partial charge is 0.323 e. The number of nitrogen functional groups attached to an aromatic ring is 1. The van der Waals surface area contributed by atoms with Crippen molar-refractivity contribution in [2.24, 2.45) is 5.92 Å². The second-order valence-electron chi connectivity index (χ2n) is 5.00. The summed E-state index contributed by atoms with van der Waals surface area (Å²) in [5.41, 5.74) is 5.64. The molecule has 1 aliphatic rings. The minimum atomic E-state index is 0.0227. The van der Waals surface area contributed by atoms with Gasteiger partial charge in [0.05, 0.1) is 6.10 Å². The molecule has 1 aromatic rings. The lowest BCUT2D eigenvalue weighted by Gasteiger charge is -2.12. The number of rotatable bonds is 5. The van der Waals surface area contributed by atoms with Crippen molar-refractivity contribution in [3.05, 3.63) is 0 Å². The summed E-state index contributed by atoms with van der Waals surface area (Å²) in [7, 11) is 0. The highest BCUT2D eigenvalue weighted by Gasteiger charge is 2.15. The fourth-order valence-electron chi connectivity index (χ4n) is 2.16. The van der Waals surface area contributed by atoms with E-state index in [9.17, 15) is 0 Å². The van der Waals surface area contributed by atoms with E-state index in [4.69, 9.17) is 10.5 Å². The second kappa shape index (κ2) is 5.84. The Bertz CT molecular complexity index is 390. The van der Waals surface area contributed by atoms with Crippen molar-refractivity contribution in [2.75, 3.05) is 17.6 Å². The van der Waals surface area contributed by atoms with Crippen LogP contribution >= 0.6 is 0 Å². The maximum atomic E-state index is 5.64. The van der Waals surface area contributed by atoms with E-state index in [1.54, 1.807) is 0 Å². The number of hydrogen-bond acceptors (Lipinski definition) is 6. The Balaban J connectivity index is 1.96. The third-order valence-corrected chi connectivity index (χ3v) is 3.00. The monoisotopic (exact) mass is 251 g/mol. The minimum absolute atomic E-state index is 0.0227. The zero-order valence-electron chi connectivity index (χ0n) is 11.0. The van der Waals surface area contributed by atoms with Crippen molar-refractivity contribution in [3.8, 4) is 6.01 Å². The molecular formula is C12H21N5O. The molecule has 0 unspecified atom stereocenters. The van der Waals surface area contributed by atoms with Gasteiger partial charge in [-0.25, -0.2) is 0 Å². The predicted octanol–water partition coefficient (Wildman–Crippen LogP) is 1.84. The lowest BCUT2D eigenvalue weighted by molar-refractivity contribution is 0.222. The maximum Gasteiger partial charge on any atom is 0.323 e. The highest BCUT2D eigenvalue weighted by molar-refractivity contribution is 5.32. The average Bonchev–Trinajstić information content (AvgIpc) is 2.77. The first-order valence-electron chi connectivity index (χ1n) is 6.55. The van der Waals surface area contributed by atoms with Gasteiger partial charge in [0.15, 0.2) is 0 Å². The Hall–Kier alpha value is -1.59. The molecule has 0 aromatic carbocycles. The number of anilines is 2. The number of ether oxygens (including phenoxy) is 1. The van der Waals surface area contributed by atoms with E-state index >= 15 is 0 Å². The summed E-state index contributed by atoms with van der Waals surface area (Å²) in [6.07, 6.45) is 5.24. The maximum absolute atomic E-state index is 5.64. The topological polar surface area (TPSA) is 86.0 Å². The van der Waals surface area contributed by atoms with Gasteiger partial charge in [0, 0.05) is 6.54 Å². The van der Waals surface area contributed by atoms with Crippen LogP contribution in [0.15, 0.2) is 0 Å². The highest BCUT2D eigenvalue weighted by Crippen LogP contribution is 2.24. The molecule has 1 aliphatic carbocycles. The van der Waals surface area contributed by atoms with Crippen molar-refractivity contribution >= 4 is 11.9 Å². The van der Waals surface area contributed by atoms with E-state index in [-0.39, 0.29) is 18.1 Å². The van der Waals surface area contributed by atoms with Crippen LogP contribution in [0.25, 0.3) is 0 Å². The van der Waals surface area contributed by atoms with E-state index in [1.165, 1.54) is 25.7 Å². The molecule has 100 valence electrons. The standard InChI is InChI=1S/C12H21N5O/c1-8(2)18-12-16-10(13)15-11(17-12)14-7-9-5-3-4-6-9/h8-9H,3-7H2,1-2H3,(H3,13,14,15,16,17). The van der Waals surface area contributed by atoms with Gasteiger partial charge in [0.25, 0.3) is 0 Å². The van der Waals surface area contributed by atoms with Gasteiger partial charge in [-0.15, -0.1) is 0 Å². The van der Waals surface area contributed by atoms with E-state index in [2.05, 4.69) is 20.3 Å². The summed E-state index contributed by atoms with van der Waals surface area (Å²) in [6.45, 7) is 4.74. The van der Waals surface area contributed by atoms with Crippen molar-refractivity contribution in [3.63, 3.8) is 0 Å². The van der Waals surface area contributed by atoms with E-state index in [0.717, 1.165) is 12.5 Å². The molecule has 18 heavy (non-hydrogen) atoms. The van der Waals surface area contributed by atoms with Crippen molar-refractivity contribution < 1.29 is 4.74 Å². The van der Waals surface area contributed by atoms with Crippen LogP contribution in [0.5, 0.6) is 6.01 Å². The molecule has 1 aromatic heterocycles. The van der Waals surface area contributed by atoms with Gasteiger partial charge >= 0.3 is 6.01 Å². The quantitative estimate of drug-likeness (QED) is 0.830. The van der Waals surface area contributed by atoms with Crippen LogP contribution in [0.3, 0.4) is 0 Å². The Morgan fingerprint density at radius 3 is 2.67 bits per heavy atom. The molecule has 0 bridgehead atoms. The molecule has 0 amide bonds. The molecule has 1 saturated carbocycles. The van der Waals surface area contributed by atoms with Gasteiger partial charge in [-0.1, -0.05) is 12.8 Å². The molecule has 6 nitrogen and oxygen atoms in total. The number of hydrogen-bond donors (Lipinski definition) is 2. The third kappa shape index (κ3) is 3.72. The van der Waals surface area contributed by atoms with Gasteiger partial charge in [-0.3, -0.25) is 0 Å². The van der Waals surface area contributed by atoms with Crippen molar-refractivity contribution in [2.45, 2.75) is 45.6 Å².